The highest BCUT2D eigenvalue weighted by Crippen LogP contribution is 2.32. The van der Waals surface area contributed by atoms with Crippen LogP contribution in [0.1, 0.15) is 25.5 Å². The van der Waals surface area contributed by atoms with Crippen molar-refractivity contribution in [2.75, 3.05) is 39.5 Å². The van der Waals surface area contributed by atoms with E-state index in [1.807, 2.05) is 32.0 Å². The van der Waals surface area contributed by atoms with Gasteiger partial charge in [0.25, 0.3) is 0 Å². The van der Waals surface area contributed by atoms with Crippen molar-refractivity contribution < 1.29 is 14.2 Å². The molecule has 0 spiro atoms. The molecule has 0 N–H and O–H groups in total. The molecule has 0 radical (unpaired) electrons. The molecule has 0 aliphatic carbocycles. The number of nitriles is 1. The maximum absolute atomic E-state index is 9.52. The summed E-state index contributed by atoms with van der Waals surface area (Å²) in [6.07, 6.45) is 0. The molecule has 0 bridgehead atoms. The fraction of sp³-hybridized carbons (Fsp3) is 0.562. The number of morpholine rings is 1. The molecule has 1 aromatic rings. The van der Waals surface area contributed by atoms with E-state index in [0.717, 1.165) is 24.4 Å². The lowest BCUT2D eigenvalue weighted by Crippen LogP contribution is -2.38. The summed E-state index contributed by atoms with van der Waals surface area (Å²) in [6.45, 7) is 7.93. The van der Waals surface area contributed by atoms with Crippen LogP contribution in [0.2, 0.25) is 0 Å². The Balaban J connectivity index is 2.24. The first kappa shape index (κ1) is 15.6. The molecule has 114 valence electrons. The van der Waals surface area contributed by atoms with Gasteiger partial charge in [-0.05, 0) is 31.5 Å². The summed E-state index contributed by atoms with van der Waals surface area (Å²) >= 11 is 0. The van der Waals surface area contributed by atoms with E-state index in [-0.39, 0.29) is 6.04 Å². The van der Waals surface area contributed by atoms with E-state index in [0.29, 0.717) is 32.2 Å². The number of ether oxygens (including phenoxy) is 3. The summed E-state index contributed by atoms with van der Waals surface area (Å²) in [4.78, 5) is 2.13. The molecule has 0 aromatic heterocycles. The van der Waals surface area contributed by atoms with Gasteiger partial charge in [0, 0.05) is 13.1 Å². The molecular formula is C16H22N2O3. The molecule has 5 nitrogen and oxygen atoms in total. The average molecular weight is 290 g/mol. The Bertz CT molecular complexity index is 493. The van der Waals surface area contributed by atoms with Crippen molar-refractivity contribution in [2.45, 2.75) is 19.9 Å². The molecule has 1 heterocycles. The molecule has 1 aliphatic heterocycles. The van der Waals surface area contributed by atoms with Crippen molar-refractivity contribution in [3.63, 3.8) is 0 Å². The van der Waals surface area contributed by atoms with Crippen LogP contribution in [0.4, 0.5) is 0 Å². The number of rotatable bonds is 6. The maximum atomic E-state index is 9.52. The molecule has 1 atom stereocenters. The molecule has 2 rings (SSSR count). The SMILES string of the molecule is CCOc1ccc(C(C#N)N2CCOCC2)cc1OCC. The molecule has 1 aromatic carbocycles. The Hall–Kier alpha value is -1.77. The van der Waals surface area contributed by atoms with Gasteiger partial charge in [0.05, 0.1) is 32.5 Å². The van der Waals surface area contributed by atoms with Gasteiger partial charge in [0.1, 0.15) is 6.04 Å². The zero-order valence-corrected chi connectivity index (χ0v) is 12.7. The second kappa shape index (κ2) is 7.87. The van der Waals surface area contributed by atoms with Crippen molar-refractivity contribution in [1.29, 1.82) is 5.26 Å². The van der Waals surface area contributed by atoms with Crippen LogP contribution < -0.4 is 9.47 Å². The van der Waals surface area contributed by atoms with Crippen LogP contribution in [0.5, 0.6) is 11.5 Å². The lowest BCUT2D eigenvalue weighted by atomic mass is 10.1. The molecule has 21 heavy (non-hydrogen) atoms. The molecule has 0 amide bonds. The average Bonchev–Trinajstić information content (AvgIpc) is 2.52. The second-order valence-electron chi connectivity index (χ2n) is 4.75. The Morgan fingerprint density at radius 3 is 2.48 bits per heavy atom. The normalized spacial score (nSPS) is 17.0. The van der Waals surface area contributed by atoms with Crippen LogP contribution in [-0.2, 0) is 4.74 Å². The van der Waals surface area contributed by atoms with Crippen molar-refractivity contribution >= 4 is 0 Å². The van der Waals surface area contributed by atoms with Gasteiger partial charge in [0.15, 0.2) is 11.5 Å². The van der Waals surface area contributed by atoms with Crippen LogP contribution in [0, 0.1) is 11.3 Å². The summed E-state index contributed by atoms with van der Waals surface area (Å²) in [7, 11) is 0. The zero-order chi connectivity index (χ0) is 15.1. The third-order valence-electron chi connectivity index (χ3n) is 3.42. The molecule has 1 unspecified atom stereocenters. The lowest BCUT2D eigenvalue weighted by molar-refractivity contribution is 0.0266. The Kier molecular flexibility index (Phi) is 5.85. The smallest absolute Gasteiger partial charge is 0.161 e. The predicted molar refractivity (Wildman–Crippen MR) is 79.5 cm³/mol. The van der Waals surface area contributed by atoms with Gasteiger partial charge in [-0.1, -0.05) is 6.07 Å². The first-order valence-electron chi connectivity index (χ1n) is 7.41. The minimum atomic E-state index is -0.274. The third kappa shape index (κ3) is 3.87. The van der Waals surface area contributed by atoms with Crippen molar-refractivity contribution in [3.8, 4) is 17.6 Å². The fourth-order valence-corrected chi connectivity index (χ4v) is 2.44. The summed E-state index contributed by atoms with van der Waals surface area (Å²) in [5.41, 5.74) is 0.936. The Morgan fingerprint density at radius 1 is 1.19 bits per heavy atom. The van der Waals surface area contributed by atoms with Crippen LogP contribution in [-0.4, -0.2) is 44.4 Å². The van der Waals surface area contributed by atoms with Crippen LogP contribution in [0.3, 0.4) is 0 Å². The number of hydrogen-bond donors (Lipinski definition) is 0. The minimum Gasteiger partial charge on any atom is -0.490 e. The fourth-order valence-electron chi connectivity index (χ4n) is 2.44. The van der Waals surface area contributed by atoms with E-state index < -0.39 is 0 Å². The van der Waals surface area contributed by atoms with E-state index in [1.54, 1.807) is 0 Å². The quantitative estimate of drug-likeness (QED) is 0.805. The van der Waals surface area contributed by atoms with Crippen LogP contribution in [0.25, 0.3) is 0 Å². The van der Waals surface area contributed by atoms with Gasteiger partial charge < -0.3 is 14.2 Å². The Labute approximate surface area is 126 Å². The van der Waals surface area contributed by atoms with Gasteiger partial charge in [-0.3, -0.25) is 4.90 Å². The van der Waals surface area contributed by atoms with Crippen LogP contribution in [0.15, 0.2) is 18.2 Å². The van der Waals surface area contributed by atoms with E-state index in [4.69, 9.17) is 14.2 Å². The standard InChI is InChI=1S/C16H22N2O3/c1-3-20-15-6-5-13(11-16(15)21-4-2)14(12-17)18-7-9-19-10-8-18/h5-6,11,14H,3-4,7-10H2,1-2H3. The minimum absolute atomic E-state index is 0.274. The van der Waals surface area contributed by atoms with Crippen LogP contribution >= 0.6 is 0 Å². The van der Waals surface area contributed by atoms with E-state index >= 15 is 0 Å². The molecule has 1 saturated heterocycles. The predicted octanol–water partition coefficient (Wildman–Crippen LogP) is 2.38. The molecule has 1 fully saturated rings. The van der Waals surface area contributed by atoms with Crippen molar-refractivity contribution in [3.05, 3.63) is 23.8 Å². The second-order valence-corrected chi connectivity index (χ2v) is 4.75. The van der Waals surface area contributed by atoms with Gasteiger partial charge in [-0.25, -0.2) is 0 Å². The lowest BCUT2D eigenvalue weighted by Gasteiger charge is -2.30. The first-order chi connectivity index (χ1) is 10.3. The monoisotopic (exact) mass is 290 g/mol. The number of hydrogen-bond acceptors (Lipinski definition) is 5. The summed E-state index contributed by atoms with van der Waals surface area (Å²) in [6, 6.07) is 7.85. The largest absolute Gasteiger partial charge is 0.490 e. The summed E-state index contributed by atoms with van der Waals surface area (Å²) in [5.74, 6) is 1.42. The zero-order valence-electron chi connectivity index (χ0n) is 12.7. The first-order valence-corrected chi connectivity index (χ1v) is 7.41. The third-order valence-corrected chi connectivity index (χ3v) is 3.42. The molecular weight excluding hydrogens is 268 g/mol. The molecule has 5 heteroatoms. The molecule has 1 aliphatic rings. The van der Waals surface area contributed by atoms with Gasteiger partial charge in [-0.15, -0.1) is 0 Å². The van der Waals surface area contributed by atoms with Crippen molar-refractivity contribution in [2.24, 2.45) is 0 Å². The summed E-state index contributed by atoms with van der Waals surface area (Å²) < 4.78 is 16.5. The highest BCUT2D eigenvalue weighted by atomic mass is 16.5. The maximum Gasteiger partial charge on any atom is 0.161 e. The van der Waals surface area contributed by atoms with Gasteiger partial charge in [-0.2, -0.15) is 5.26 Å². The number of benzene rings is 1. The summed E-state index contributed by atoms with van der Waals surface area (Å²) in [5, 5.41) is 9.52. The topological polar surface area (TPSA) is 54.7 Å². The van der Waals surface area contributed by atoms with Gasteiger partial charge >= 0.3 is 0 Å². The van der Waals surface area contributed by atoms with E-state index in [2.05, 4.69) is 11.0 Å². The highest BCUT2D eigenvalue weighted by molar-refractivity contribution is 5.45. The number of nitrogens with zero attached hydrogens (tertiary/aromatic N) is 2. The highest BCUT2D eigenvalue weighted by Gasteiger charge is 2.23. The van der Waals surface area contributed by atoms with Gasteiger partial charge in [0.2, 0.25) is 0 Å². The van der Waals surface area contributed by atoms with E-state index in [1.165, 1.54) is 0 Å². The van der Waals surface area contributed by atoms with Crippen molar-refractivity contribution in [1.82, 2.24) is 4.90 Å². The Morgan fingerprint density at radius 2 is 1.86 bits per heavy atom. The molecule has 0 saturated carbocycles. The van der Waals surface area contributed by atoms with E-state index in [9.17, 15) is 5.26 Å².